The normalized spacial score (nSPS) is 18.2. The molecule has 92 valence electrons. The maximum absolute atomic E-state index is 12.8. The quantitative estimate of drug-likeness (QED) is 0.830. The Labute approximate surface area is 110 Å². The Kier molecular flexibility index (Phi) is 3.19. The summed E-state index contributed by atoms with van der Waals surface area (Å²) >= 11 is 1.89. The number of rotatable bonds is 2. The summed E-state index contributed by atoms with van der Waals surface area (Å²) in [5.41, 5.74) is 2.18. The van der Waals surface area contributed by atoms with E-state index in [0.29, 0.717) is 0 Å². The minimum Gasteiger partial charge on any atom is -0.377 e. The van der Waals surface area contributed by atoms with Crippen molar-refractivity contribution in [3.05, 3.63) is 54.1 Å². The van der Waals surface area contributed by atoms with E-state index in [9.17, 15) is 4.39 Å². The van der Waals surface area contributed by atoms with Crippen LogP contribution in [-0.4, -0.2) is 10.7 Å². The fourth-order valence-electron chi connectivity index (χ4n) is 2.15. The molecule has 0 bridgehead atoms. The number of benzene rings is 1. The van der Waals surface area contributed by atoms with Gasteiger partial charge in [-0.2, -0.15) is 4.39 Å². The summed E-state index contributed by atoms with van der Waals surface area (Å²) in [6.45, 7) is 0. The lowest BCUT2D eigenvalue weighted by atomic mass is 10.0. The number of aromatic nitrogens is 1. The van der Waals surface area contributed by atoms with E-state index in [0.717, 1.165) is 17.9 Å². The number of hydrogen-bond donors (Lipinski definition) is 1. The highest BCUT2D eigenvalue weighted by molar-refractivity contribution is 7.99. The Balaban J connectivity index is 1.84. The molecule has 0 radical (unpaired) electrons. The topological polar surface area (TPSA) is 24.9 Å². The van der Waals surface area contributed by atoms with Gasteiger partial charge in [-0.1, -0.05) is 18.2 Å². The van der Waals surface area contributed by atoms with Gasteiger partial charge in [-0.15, -0.1) is 11.8 Å². The summed E-state index contributed by atoms with van der Waals surface area (Å²) in [6, 6.07) is 11.8. The number of anilines is 1. The van der Waals surface area contributed by atoms with Gasteiger partial charge in [-0.3, -0.25) is 0 Å². The first-order valence-corrected chi connectivity index (χ1v) is 6.91. The first kappa shape index (κ1) is 11.5. The number of fused-ring (bicyclic) bond motifs is 1. The Morgan fingerprint density at radius 3 is 2.94 bits per heavy atom. The highest BCUT2D eigenvalue weighted by atomic mass is 32.2. The van der Waals surface area contributed by atoms with Gasteiger partial charge in [-0.25, -0.2) is 4.98 Å². The van der Waals surface area contributed by atoms with Crippen molar-refractivity contribution in [1.29, 1.82) is 0 Å². The summed E-state index contributed by atoms with van der Waals surface area (Å²) in [5, 5.41) is 3.42. The van der Waals surface area contributed by atoms with E-state index in [2.05, 4.69) is 34.6 Å². The largest absolute Gasteiger partial charge is 0.377 e. The van der Waals surface area contributed by atoms with Gasteiger partial charge in [0.25, 0.3) is 0 Å². The van der Waals surface area contributed by atoms with E-state index in [1.807, 2.05) is 11.8 Å². The number of hydrogen-bond acceptors (Lipinski definition) is 3. The van der Waals surface area contributed by atoms with Gasteiger partial charge in [0.1, 0.15) is 0 Å². The minimum atomic E-state index is -0.444. The van der Waals surface area contributed by atoms with Crippen LogP contribution in [0.1, 0.15) is 18.0 Å². The van der Waals surface area contributed by atoms with Crippen LogP contribution >= 0.6 is 11.8 Å². The van der Waals surface area contributed by atoms with Gasteiger partial charge >= 0.3 is 0 Å². The molecule has 1 atom stereocenters. The molecule has 2 heterocycles. The molecule has 2 nitrogen and oxygen atoms in total. The van der Waals surface area contributed by atoms with E-state index in [4.69, 9.17) is 0 Å². The van der Waals surface area contributed by atoms with Crippen LogP contribution in [0.25, 0.3) is 0 Å². The van der Waals surface area contributed by atoms with E-state index >= 15 is 0 Å². The predicted octanol–water partition coefficient (Wildman–Crippen LogP) is 3.87. The molecule has 0 saturated carbocycles. The average Bonchev–Trinajstić information content (AvgIpc) is 2.42. The van der Waals surface area contributed by atoms with E-state index in [-0.39, 0.29) is 6.04 Å². The van der Waals surface area contributed by atoms with Gasteiger partial charge in [-0.05, 0) is 30.2 Å². The van der Waals surface area contributed by atoms with Crippen LogP contribution in [0.4, 0.5) is 10.1 Å². The summed E-state index contributed by atoms with van der Waals surface area (Å²) in [5.74, 6) is 0.656. The predicted molar refractivity (Wildman–Crippen MR) is 72.3 cm³/mol. The number of thioether (sulfide) groups is 1. The van der Waals surface area contributed by atoms with Crippen LogP contribution in [0, 0.1) is 5.95 Å². The molecule has 1 aromatic heterocycles. The van der Waals surface area contributed by atoms with E-state index in [1.54, 1.807) is 12.3 Å². The van der Waals surface area contributed by atoms with Gasteiger partial charge in [0.15, 0.2) is 0 Å². The SMILES string of the molecule is Fc1ccc(NC2CCSc3ccccc32)cn1. The molecule has 1 N–H and O–H groups in total. The van der Waals surface area contributed by atoms with Gasteiger partial charge < -0.3 is 5.32 Å². The third kappa shape index (κ3) is 2.34. The van der Waals surface area contributed by atoms with E-state index in [1.165, 1.54) is 16.5 Å². The molecule has 0 aliphatic carbocycles. The standard InChI is InChI=1S/C14H13FN2S/c15-14-6-5-10(9-16-14)17-12-7-8-18-13-4-2-1-3-11(12)13/h1-6,9,12,17H,7-8H2. The van der Waals surface area contributed by atoms with Crippen molar-refractivity contribution in [3.63, 3.8) is 0 Å². The maximum Gasteiger partial charge on any atom is 0.212 e. The van der Waals surface area contributed by atoms with Crippen molar-refractivity contribution < 1.29 is 4.39 Å². The molecule has 1 unspecified atom stereocenters. The molecule has 1 aromatic carbocycles. The van der Waals surface area contributed by atoms with Gasteiger partial charge in [0, 0.05) is 10.6 Å². The third-order valence-corrected chi connectivity index (χ3v) is 4.15. The second-order valence-electron chi connectivity index (χ2n) is 4.24. The molecule has 4 heteroatoms. The number of pyridine rings is 1. The number of nitrogens with one attached hydrogen (secondary N) is 1. The Morgan fingerprint density at radius 1 is 1.22 bits per heavy atom. The summed E-state index contributed by atoms with van der Waals surface area (Å²) in [6.07, 6.45) is 2.61. The molecule has 0 amide bonds. The molecule has 0 saturated heterocycles. The van der Waals surface area contributed by atoms with Crippen LogP contribution < -0.4 is 5.32 Å². The van der Waals surface area contributed by atoms with Crippen molar-refractivity contribution >= 4 is 17.4 Å². The second kappa shape index (κ2) is 4.98. The summed E-state index contributed by atoms with van der Waals surface area (Å²) in [4.78, 5) is 5.00. The fourth-order valence-corrected chi connectivity index (χ4v) is 3.28. The third-order valence-electron chi connectivity index (χ3n) is 3.03. The Morgan fingerprint density at radius 2 is 2.11 bits per heavy atom. The van der Waals surface area contributed by atoms with Crippen LogP contribution in [0.5, 0.6) is 0 Å². The minimum absolute atomic E-state index is 0.287. The molecular weight excluding hydrogens is 247 g/mol. The summed E-state index contributed by atoms with van der Waals surface area (Å²) in [7, 11) is 0. The highest BCUT2D eigenvalue weighted by Gasteiger charge is 2.19. The van der Waals surface area contributed by atoms with Crippen molar-refractivity contribution in [2.75, 3.05) is 11.1 Å². The Bertz CT molecular complexity index is 542. The number of halogens is 1. The van der Waals surface area contributed by atoms with Crippen LogP contribution in [-0.2, 0) is 0 Å². The maximum atomic E-state index is 12.8. The first-order valence-electron chi connectivity index (χ1n) is 5.93. The molecule has 2 aromatic rings. The first-order chi connectivity index (χ1) is 8.83. The van der Waals surface area contributed by atoms with Crippen molar-refractivity contribution in [1.82, 2.24) is 4.98 Å². The zero-order valence-corrected chi connectivity index (χ0v) is 10.6. The lowest BCUT2D eigenvalue weighted by Crippen LogP contribution is -2.16. The Hall–Kier alpha value is -1.55. The van der Waals surface area contributed by atoms with Crippen LogP contribution in [0.15, 0.2) is 47.5 Å². The number of nitrogens with zero attached hydrogens (tertiary/aromatic N) is 1. The lowest BCUT2D eigenvalue weighted by molar-refractivity contribution is 0.583. The highest BCUT2D eigenvalue weighted by Crippen LogP contribution is 2.37. The molecular formula is C14H13FN2S. The smallest absolute Gasteiger partial charge is 0.212 e. The second-order valence-corrected chi connectivity index (χ2v) is 5.38. The van der Waals surface area contributed by atoms with Crippen molar-refractivity contribution in [2.45, 2.75) is 17.4 Å². The fraction of sp³-hybridized carbons (Fsp3) is 0.214. The average molecular weight is 260 g/mol. The molecule has 3 rings (SSSR count). The molecule has 0 spiro atoms. The molecule has 1 aliphatic rings. The zero-order valence-electron chi connectivity index (χ0n) is 9.77. The molecule has 1 aliphatic heterocycles. The van der Waals surface area contributed by atoms with Gasteiger partial charge in [0.2, 0.25) is 5.95 Å². The summed E-state index contributed by atoms with van der Waals surface area (Å²) < 4.78 is 12.8. The zero-order chi connectivity index (χ0) is 12.4. The van der Waals surface area contributed by atoms with Crippen LogP contribution in [0.3, 0.4) is 0 Å². The monoisotopic (exact) mass is 260 g/mol. The lowest BCUT2D eigenvalue weighted by Gasteiger charge is -2.26. The van der Waals surface area contributed by atoms with Crippen LogP contribution in [0.2, 0.25) is 0 Å². The van der Waals surface area contributed by atoms with Crippen molar-refractivity contribution in [2.24, 2.45) is 0 Å². The molecule has 18 heavy (non-hydrogen) atoms. The van der Waals surface area contributed by atoms with Crippen molar-refractivity contribution in [3.8, 4) is 0 Å². The van der Waals surface area contributed by atoms with E-state index < -0.39 is 5.95 Å². The molecule has 0 fully saturated rings. The van der Waals surface area contributed by atoms with Gasteiger partial charge in [0.05, 0.1) is 17.9 Å².